The number of H-pyrrole nitrogens is 1. The van der Waals surface area contributed by atoms with Gasteiger partial charge in [0.25, 0.3) is 5.91 Å². The van der Waals surface area contributed by atoms with Gasteiger partial charge in [-0.15, -0.1) is 0 Å². The van der Waals surface area contributed by atoms with Crippen molar-refractivity contribution in [1.82, 2.24) is 15.3 Å². The number of nitrogens with zero attached hydrogens (tertiary/aromatic N) is 1. The van der Waals surface area contributed by atoms with Crippen molar-refractivity contribution in [3.63, 3.8) is 0 Å². The van der Waals surface area contributed by atoms with Gasteiger partial charge in [-0.05, 0) is 29.8 Å². The number of halogens is 1. The molecule has 2 N–H and O–H groups in total. The first-order valence-corrected chi connectivity index (χ1v) is 7.18. The second-order valence-corrected chi connectivity index (χ2v) is 5.14. The summed E-state index contributed by atoms with van der Waals surface area (Å²) < 4.78 is 5.21. The maximum Gasteiger partial charge on any atom is 0.346 e. The second-order valence-electron chi connectivity index (χ2n) is 4.74. The van der Waals surface area contributed by atoms with Crippen LogP contribution in [0.15, 0.2) is 57.9 Å². The molecule has 0 aliphatic rings. The van der Waals surface area contributed by atoms with Crippen LogP contribution in [0.2, 0.25) is 5.02 Å². The maximum absolute atomic E-state index is 12.2. The fourth-order valence-corrected chi connectivity index (χ4v) is 2.25. The Morgan fingerprint density at radius 2 is 2.09 bits per heavy atom. The van der Waals surface area contributed by atoms with Crippen LogP contribution in [-0.2, 0) is 6.54 Å². The summed E-state index contributed by atoms with van der Waals surface area (Å²) >= 11 is 6.04. The van der Waals surface area contributed by atoms with Crippen molar-refractivity contribution in [2.24, 2.45) is 0 Å². The number of hydrogen-bond donors (Lipinski definition) is 2. The van der Waals surface area contributed by atoms with Crippen molar-refractivity contribution < 1.29 is 9.21 Å². The molecule has 1 amide bonds. The van der Waals surface area contributed by atoms with Crippen LogP contribution >= 0.6 is 11.6 Å². The molecule has 116 valence electrons. The molecule has 1 aromatic carbocycles. The van der Waals surface area contributed by atoms with Gasteiger partial charge < -0.3 is 14.7 Å². The first-order chi connectivity index (χ1) is 11.1. The van der Waals surface area contributed by atoms with E-state index in [4.69, 9.17) is 16.0 Å². The van der Waals surface area contributed by atoms with Gasteiger partial charge in [-0.25, -0.2) is 4.79 Å². The molecule has 7 heteroatoms. The standard InChI is InChI=1S/C16H12ClN3O3/c17-11-5-2-1-4-10(11)9-18-15(21)13-8-12(19-16(22)20-13)14-6-3-7-23-14/h1-8H,9H2,(H,18,21)(H,19,20,22). The van der Waals surface area contributed by atoms with E-state index in [0.717, 1.165) is 5.56 Å². The van der Waals surface area contributed by atoms with Crippen LogP contribution in [0, 0.1) is 0 Å². The monoisotopic (exact) mass is 329 g/mol. The van der Waals surface area contributed by atoms with E-state index in [0.29, 0.717) is 16.5 Å². The molecule has 0 radical (unpaired) electrons. The predicted octanol–water partition coefficient (Wildman–Crippen LogP) is 2.61. The number of carbonyl (C=O) groups is 1. The molecule has 3 aromatic rings. The molecular formula is C16H12ClN3O3. The van der Waals surface area contributed by atoms with Crippen molar-refractivity contribution in [2.75, 3.05) is 0 Å². The number of carbonyl (C=O) groups excluding carboxylic acids is 1. The van der Waals surface area contributed by atoms with E-state index in [1.54, 1.807) is 18.2 Å². The molecule has 3 rings (SSSR count). The van der Waals surface area contributed by atoms with Crippen LogP contribution in [-0.4, -0.2) is 15.9 Å². The Kier molecular flexibility index (Phi) is 4.25. The second kappa shape index (κ2) is 6.50. The van der Waals surface area contributed by atoms with Gasteiger partial charge in [0.05, 0.1) is 12.0 Å². The van der Waals surface area contributed by atoms with E-state index < -0.39 is 11.6 Å². The summed E-state index contributed by atoms with van der Waals surface area (Å²) in [5.41, 5.74) is 0.547. The Hall–Kier alpha value is -2.86. The van der Waals surface area contributed by atoms with E-state index in [1.807, 2.05) is 18.2 Å². The van der Waals surface area contributed by atoms with E-state index in [1.165, 1.54) is 12.3 Å². The van der Waals surface area contributed by atoms with E-state index in [-0.39, 0.29) is 12.2 Å². The normalized spacial score (nSPS) is 10.5. The number of amides is 1. The largest absolute Gasteiger partial charge is 0.463 e. The summed E-state index contributed by atoms with van der Waals surface area (Å²) in [6.45, 7) is 0.239. The van der Waals surface area contributed by atoms with Gasteiger partial charge in [0.2, 0.25) is 0 Å². The van der Waals surface area contributed by atoms with Crippen LogP contribution in [0.5, 0.6) is 0 Å². The van der Waals surface area contributed by atoms with Crippen LogP contribution in [0.25, 0.3) is 11.5 Å². The topological polar surface area (TPSA) is 88.0 Å². The zero-order valence-corrected chi connectivity index (χ0v) is 12.6. The Balaban J connectivity index is 1.80. The highest BCUT2D eigenvalue weighted by atomic mass is 35.5. The fraction of sp³-hybridized carbons (Fsp3) is 0.0625. The Morgan fingerprint density at radius 1 is 1.26 bits per heavy atom. The lowest BCUT2D eigenvalue weighted by Gasteiger charge is -2.07. The van der Waals surface area contributed by atoms with Gasteiger partial charge in [0.15, 0.2) is 0 Å². The Labute approximate surface area is 136 Å². The highest BCUT2D eigenvalue weighted by Crippen LogP contribution is 2.17. The number of rotatable bonds is 4. The molecule has 0 spiro atoms. The average Bonchev–Trinajstić information content (AvgIpc) is 3.08. The molecule has 0 aliphatic heterocycles. The Morgan fingerprint density at radius 3 is 2.83 bits per heavy atom. The van der Waals surface area contributed by atoms with Crippen molar-refractivity contribution in [1.29, 1.82) is 0 Å². The first kappa shape index (κ1) is 15.1. The lowest BCUT2D eigenvalue weighted by atomic mass is 10.2. The molecule has 0 unspecified atom stereocenters. The summed E-state index contributed by atoms with van der Waals surface area (Å²) in [4.78, 5) is 30.0. The van der Waals surface area contributed by atoms with E-state index in [2.05, 4.69) is 15.3 Å². The minimum Gasteiger partial charge on any atom is -0.463 e. The molecule has 23 heavy (non-hydrogen) atoms. The number of aromatic amines is 1. The molecule has 0 bridgehead atoms. The van der Waals surface area contributed by atoms with Crippen molar-refractivity contribution >= 4 is 17.5 Å². The zero-order chi connectivity index (χ0) is 16.2. The van der Waals surface area contributed by atoms with Crippen molar-refractivity contribution in [2.45, 2.75) is 6.54 Å². The third-order valence-electron chi connectivity index (χ3n) is 3.16. The van der Waals surface area contributed by atoms with E-state index >= 15 is 0 Å². The summed E-state index contributed by atoms with van der Waals surface area (Å²) in [6.07, 6.45) is 1.48. The number of benzene rings is 1. The molecule has 0 aliphatic carbocycles. The molecular weight excluding hydrogens is 318 g/mol. The van der Waals surface area contributed by atoms with Gasteiger partial charge in [0, 0.05) is 11.6 Å². The molecule has 0 fully saturated rings. The SMILES string of the molecule is O=C(NCc1ccccc1Cl)c1cc(-c2ccco2)[nH]c(=O)n1. The molecule has 0 saturated heterocycles. The maximum atomic E-state index is 12.2. The number of furan rings is 1. The lowest BCUT2D eigenvalue weighted by Crippen LogP contribution is -2.27. The minimum absolute atomic E-state index is 0.00667. The summed E-state index contributed by atoms with van der Waals surface area (Å²) in [5.74, 6) is -0.0199. The van der Waals surface area contributed by atoms with Crippen LogP contribution in [0.3, 0.4) is 0 Å². The Bertz CT molecular complexity index is 888. The molecule has 6 nitrogen and oxygen atoms in total. The number of nitrogens with one attached hydrogen (secondary N) is 2. The quantitative estimate of drug-likeness (QED) is 0.770. The third-order valence-corrected chi connectivity index (χ3v) is 3.53. The lowest BCUT2D eigenvalue weighted by molar-refractivity contribution is 0.0945. The van der Waals surface area contributed by atoms with Crippen LogP contribution in [0.4, 0.5) is 0 Å². The molecule has 2 heterocycles. The molecule has 0 atom stereocenters. The van der Waals surface area contributed by atoms with Gasteiger partial charge in [-0.2, -0.15) is 4.98 Å². The van der Waals surface area contributed by atoms with Crippen molar-refractivity contribution in [3.8, 4) is 11.5 Å². The van der Waals surface area contributed by atoms with Gasteiger partial charge in [0.1, 0.15) is 11.5 Å². The van der Waals surface area contributed by atoms with Crippen molar-refractivity contribution in [3.05, 3.63) is 75.5 Å². The van der Waals surface area contributed by atoms with Gasteiger partial charge >= 0.3 is 5.69 Å². The van der Waals surface area contributed by atoms with Gasteiger partial charge in [-0.3, -0.25) is 4.79 Å². The number of aromatic nitrogens is 2. The predicted molar refractivity (Wildman–Crippen MR) is 85.2 cm³/mol. The molecule has 0 saturated carbocycles. The summed E-state index contributed by atoms with van der Waals surface area (Å²) in [5, 5.41) is 3.24. The average molecular weight is 330 g/mol. The summed E-state index contributed by atoms with van der Waals surface area (Å²) in [7, 11) is 0. The third kappa shape index (κ3) is 3.49. The summed E-state index contributed by atoms with van der Waals surface area (Å²) in [6, 6.07) is 12.0. The number of hydrogen-bond acceptors (Lipinski definition) is 4. The highest BCUT2D eigenvalue weighted by molar-refractivity contribution is 6.31. The smallest absolute Gasteiger partial charge is 0.346 e. The zero-order valence-electron chi connectivity index (χ0n) is 11.9. The minimum atomic E-state index is -0.623. The fourth-order valence-electron chi connectivity index (χ4n) is 2.05. The van der Waals surface area contributed by atoms with Crippen LogP contribution < -0.4 is 11.0 Å². The van der Waals surface area contributed by atoms with Gasteiger partial charge in [-0.1, -0.05) is 29.8 Å². The first-order valence-electron chi connectivity index (χ1n) is 6.80. The van der Waals surface area contributed by atoms with E-state index in [9.17, 15) is 9.59 Å². The highest BCUT2D eigenvalue weighted by Gasteiger charge is 2.12. The molecule has 2 aromatic heterocycles. The van der Waals surface area contributed by atoms with Crippen LogP contribution in [0.1, 0.15) is 16.1 Å².